The fourth-order valence-corrected chi connectivity index (χ4v) is 4.36. The fraction of sp³-hybridized carbons (Fsp3) is 0.143. The SMILES string of the molecule is C=CCn1c(=O)c2ccccc2n2c(SCc3cn4cccc(C)c4n3)nnc12. The zero-order valence-corrected chi connectivity index (χ0v) is 16.6. The number of pyridine rings is 1. The van der Waals surface area contributed by atoms with Gasteiger partial charge in [0.1, 0.15) is 5.65 Å². The largest absolute Gasteiger partial charge is 0.307 e. The molecule has 0 fully saturated rings. The van der Waals surface area contributed by atoms with Gasteiger partial charge < -0.3 is 4.40 Å². The Hall–Kier alpha value is -3.39. The van der Waals surface area contributed by atoms with Crippen LogP contribution in [0.5, 0.6) is 0 Å². The molecule has 0 N–H and O–H groups in total. The first-order valence-corrected chi connectivity index (χ1v) is 10.2. The van der Waals surface area contributed by atoms with Crippen LogP contribution in [0.2, 0.25) is 0 Å². The van der Waals surface area contributed by atoms with Gasteiger partial charge in [-0.25, -0.2) is 4.98 Å². The molecule has 0 atom stereocenters. The molecule has 0 aliphatic carbocycles. The second kappa shape index (κ2) is 6.89. The smallest absolute Gasteiger partial charge is 0.263 e. The lowest BCUT2D eigenvalue weighted by atomic mass is 10.2. The van der Waals surface area contributed by atoms with E-state index in [4.69, 9.17) is 4.98 Å². The quantitative estimate of drug-likeness (QED) is 0.333. The zero-order valence-electron chi connectivity index (χ0n) is 15.8. The van der Waals surface area contributed by atoms with Crippen molar-refractivity contribution in [1.82, 2.24) is 28.5 Å². The molecular formula is C21H18N6OS. The third-order valence-corrected chi connectivity index (χ3v) is 5.83. The number of aryl methyl sites for hydroxylation is 1. The Balaban J connectivity index is 1.60. The molecule has 5 aromatic rings. The van der Waals surface area contributed by atoms with Crippen LogP contribution in [0, 0.1) is 6.92 Å². The van der Waals surface area contributed by atoms with Crippen molar-refractivity contribution in [1.29, 1.82) is 0 Å². The summed E-state index contributed by atoms with van der Waals surface area (Å²) in [6.07, 6.45) is 5.72. The molecule has 0 saturated carbocycles. The summed E-state index contributed by atoms with van der Waals surface area (Å²) in [6, 6.07) is 11.6. The molecule has 0 radical (unpaired) electrons. The molecule has 0 aliphatic heterocycles. The highest BCUT2D eigenvalue weighted by Crippen LogP contribution is 2.25. The van der Waals surface area contributed by atoms with Crippen LogP contribution in [-0.4, -0.2) is 28.5 Å². The number of hydrogen-bond donors (Lipinski definition) is 0. The van der Waals surface area contributed by atoms with Gasteiger partial charge in [-0.3, -0.25) is 13.8 Å². The number of rotatable bonds is 5. The van der Waals surface area contributed by atoms with E-state index in [0.29, 0.717) is 23.5 Å². The summed E-state index contributed by atoms with van der Waals surface area (Å²) in [7, 11) is 0. The molecular weight excluding hydrogens is 384 g/mol. The zero-order chi connectivity index (χ0) is 20.0. The molecule has 0 spiro atoms. The Morgan fingerprint density at radius 2 is 2.03 bits per heavy atom. The van der Waals surface area contributed by atoms with Crippen molar-refractivity contribution in [3.05, 3.63) is 83.1 Å². The van der Waals surface area contributed by atoms with Gasteiger partial charge in [0.15, 0.2) is 5.16 Å². The fourth-order valence-electron chi connectivity index (χ4n) is 3.53. The molecule has 29 heavy (non-hydrogen) atoms. The van der Waals surface area contributed by atoms with Gasteiger partial charge in [0.2, 0.25) is 5.78 Å². The Kier molecular flexibility index (Phi) is 4.21. The van der Waals surface area contributed by atoms with E-state index >= 15 is 0 Å². The molecule has 8 heteroatoms. The molecule has 4 heterocycles. The van der Waals surface area contributed by atoms with Gasteiger partial charge in [-0.15, -0.1) is 16.8 Å². The summed E-state index contributed by atoms with van der Waals surface area (Å²) in [4.78, 5) is 17.6. The van der Waals surface area contributed by atoms with Crippen LogP contribution < -0.4 is 5.56 Å². The maximum atomic E-state index is 12.9. The molecule has 5 rings (SSSR count). The minimum Gasteiger partial charge on any atom is -0.307 e. The van der Waals surface area contributed by atoms with Gasteiger partial charge in [-0.1, -0.05) is 36.0 Å². The monoisotopic (exact) mass is 402 g/mol. The van der Waals surface area contributed by atoms with Gasteiger partial charge in [-0.2, -0.15) is 0 Å². The predicted molar refractivity (Wildman–Crippen MR) is 114 cm³/mol. The van der Waals surface area contributed by atoms with E-state index in [1.165, 1.54) is 0 Å². The molecule has 1 aromatic carbocycles. The second-order valence-electron chi connectivity index (χ2n) is 6.78. The minimum atomic E-state index is -0.0900. The van der Waals surface area contributed by atoms with Crippen molar-refractivity contribution in [2.75, 3.05) is 0 Å². The Morgan fingerprint density at radius 1 is 1.17 bits per heavy atom. The lowest BCUT2D eigenvalue weighted by Gasteiger charge is -2.09. The highest BCUT2D eigenvalue weighted by atomic mass is 32.2. The van der Waals surface area contributed by atoms with Gasteiger partial charge in [0.05, 0.1) is 16.6 Å². The van der Waals surface area contributed by atoms with Gasteiger partial charge in [0, 0.05) is 24.7 Å². The highest BCUT2D eigenvalue weighted by Gasteiger charge is 2.16. The number of para-hydroxylation sites is 1. The molecule has 0 bridgehead atoms. The lowest BCUT2D eigenvalue weighted by Crippen LogP contribution is -2.22. The third-order valence-electron chi connectivity index (χ3n) is 4.87. The summed E-state index contributed by atoms with van der Waals surface area (Å²) >= 11 is 1.55. The molecule has 0 aliphatic rings. The van der Waals surface area contributed by atoms with Crippen LogP contribution in [0.15, 0.2) is 71.4 Å². The minimum absolute atomic E-state index is 0.0900. The number of hydrogen-bond acceptors (Lipinski definition) is 5. The van der Waals surface area contributed by atoms with E-state index in [9.17, 15) is 4.79 Å². The van der Waals surface area contributed by atoms with Crippen molar-refractivity contribution >= 4 is 34.1 Å². The van der Waals surface area contributed by atoms with Crippen LogP contribution in [-0.2, 0) is 12.3 Å². The van der Waals surface area contributed by atoms with Crippen molar-refractivity contribution in [2.45, 2.75) is 24.4 Å². The van der Waals surface area contributed by atoms with Gasteiger partial charge in [-0.05, 0) is 30.7 Å². The van der Waals surface area contributed by atoms with Crippen molar-refractivity contribution < 1.29 is 0 Å². The number of nitrogens with zero attached hydrogens (tertiary/aromatic N) is 6. The first-order chi connectivity index (χ1) is 14.2. The number of imidazole rings is 1. The lowest BCUT2D eigenvalue weighted by molar-refractivity contribution is 0.783. The average Bonchev–Trinajstić information content (AvgIpc) is 3.34. The van der Waals surface area contributed by atoms with E-state index in [2.05, 4.69) is 29.8 Å². The summed E-state index contributed by atoms with van der Waals surface area (Å²) in [5, 5.41) is 10.0. The maximum absolute atomic E-state index is 12.9. The topological polar surface area (TPSA) is 69.5 Å². The number of fused-ring (bicyclic) bond motifs is 4. The number of aromatic nitrogens is 6. The Bertz CT molecular complexity index is 1440. The van der Waals surface area contributed by atoms with Crippen molar-refractivity contribution in [3.8, 4) is 0 Å². The molecule has 144 valence electrons. The molecule has 4 aromatic heterocycles. The molecule has 0 saturated heterocycles. The van der Waals surface area contributed by atoms with Crippen LogP contribution >= 0.6 is 11.8 Å². The van der Waals surface area contributed by atoms with Crippen LogP contribution in [0.1, 0.15) is 11.3 Å². The standard InChI is InChI=1S/C21H18N6OS/c1-3-10-26-19(28)16-8-4-5-9-17(16)27-20(26)23-24-21(27)29-13-15-12-25-11-6-7-14(2)18(25)22-15/h3-9,11-12H,1,10,13H2,2H3. The summed E-state index contributed by atoms with van der Waals surface area (Å²) < 4.78 is 5.57. The van der Waals surface area contributed by atoms with E-state index in [1.54, 1.807) is 22.4 Å². The first kappa shape index (κ1) is 17.7. The van der Waals surface area contributed by atoms with Crippen molar-refractivity contribution in [3.63, 3.8) is 0 Å². The summed E-state index contributed by atoms with van der Waals surface area (Å²) in [6.45, 7) is 6.19. The number of thioether (sulfide) groups is 1. The van der Waals surface area contributed by atoms with E-state index in [1.807, 2.05) is 51.5 Å². The van der Waals surface area contributed by atoms with Crippen LogP contribution in [0.25, 0.3) is 22.3 Å². The van der Waals surface area contributed by atoms with E-state index in [0.717, 1.165) is 27.6 Å². The number of allylic oxidation sites excluding steroid dienone is 1. The van der Waals surface area contributed by atoms with Crippen LogP contribution in [0.4, 0.5) is 0 Å². The first-order valence-electron chi connectivity index (χ1n) is 9.21. The van der Waals surface area contributed by atoms with Gasteiger partial charge >= 0.3 is 0 Å². The highest BCUT2D eigenvalue weighted by molar-refractivity contribution is 7.98. The third kappa shape index (κ3) is 2.84. The number of benzene rings is 1. The molecule has 7 nitrogen and oxygen atoms in total. The van der Waals surface area contributed by atoms with E-state index < -0.39 is 0 Å². The summed E-state index contributed by atoms with van der Waals surface area (Å²) in [5.41, 5.74) is 3.76. The normalized spacial score (nSPS) is 11.6. The Morgan fingerprint density at radius 3 is 2.86 bits per heavy atom. The molecule has 0 unspecified atom stereocenters. The van der Waals surface area contributed by atoms with Gasteiger partial charge in [0.25, 0.3) is 5.56 Å². The Labute approximate surface area is 170 Å². The predicted octanol–water partition coefficient (Wildman–Crippen LogP) is 3.48. The average molecular weight is 402 g/mol. The van der Waals surface area contributed by atoms with Crippen molar-refractivity contribution in [2.24, 2.45) is 0 Å². The van der Waals surface area contributed by atoms with E-state index in [-0.39, 0.29) is 5.56 Å². The second-order valence-corrected chi connectivity index (χ2v) is 7.73. The van der Waals surface area contributed by atoms with Crippen LogP contribution in [0.3, 0.4) is 0 Å². The summed E-state index contributed by atoms with van der Waals surface area (Å²) in [5.74, 6) is 1.17. The molecule has 0 amide bonds. The maximum Gasteiger partial charge on any atom is 0.263 e.